The summed E-state index contributed by atoms with van der Waals surface area (Å²) in [6.45, 7) is 2.94. The van der Waals surface area contributed by atoms with Crippen LogP contribution >= 0.6 is 0 Å². The van der Waals surface area contributed by atoms with Crippen molar-refractivity contribution in [3.8, 4) is 0 Å². The molecule has 4 heteroatoms. The molecule has 10 heavy (non-hydrogen) atoms. The van der Waals surface area contributed by atoms with Crippen molar-refractivity contribution in [1.29, 1.82) is 0 Å². The summed E-state index contributed by atoms with van der Waals surface area (Å²) in [5, 5.41) is 2.31. The molecule has 0 saturated carbocycles. The van der Waals surface area contributed by atoms with Crippen LogP contribution in [0.1, 0.15) is 23.0 Å². The van der Waals surface area contributed by atoms with Crippen molar-refractivity contribution in [3.63, 3.8) is 0 Å². The number of aromatic amines is 1. The Bertz CT molecular complexity index is 307. The minimum Gasteiger partial charge on any atom is -0.338 e. The van der Waals surface area contributed by atoms with Gasteiger partial charge in [-0.05, 0) is 13.8 Å². The van der Waals surface area contributed by atoms with Gasteiger partial charge in [-0.25, -0.2) is 9.95 Å². The van der Waals surface area contributed by atoms with E-state index in [1.54, 1.807) is 6.92 Å². The van der Waals surface area contributed by atoms with Gasteiger partial charge in [-0.2, -0.15) is 0 Å². The predicted molar refractivity (Wildman–Crippen MR) is 34.1 cm³/mol. The topological polar surface area (TPSA) is 63.1 Å². The van der Waals surface area contributed by atoms with Crippen molar-refractivity contribution in [2.45, 2.75) is 13.8 Å². The summed E-state index contributed by atoms with van der Waals surface area (Å²) in [5.74, 6) is -0.271. The largest absolute Gasteiger partial charge is 0.368 e. The first kappa shape index (κ1) is 6.80. The molecule has 1 aromatic rings. The summed E-state index contributed by atoms with van der Waals surface area (Å²) in [6.07, 6.45) is 0. The lowest BCUT2D eigenvalue weighted by molar-refractivity contribution is 0.101. The van der Waals surface area contributed by atoms with E-state index in [1.165, 1.54) is 6.92 Å². The van der Waals surface area contributed by atoms with Crippen molar-refractivity contribution in [1.82, 2.24) is 5.16 Å². The van der Waals surface area contributed by atoms with Crippen molar-refractivity contribution in [3.05, 3.63) is 21.7 Å². The van der Waals surface area contributed by atoms with E-state index in [4.69, 9.17) is 0 Å². The third-order valence-electron chi connectivity index (χ3n) is 1.23. The van der Waals surface area contributed by atoms with Gasteiger partial charge < -0.3 is 4.52 Å². The molecule has 1 aromatic heterocycles. The van der Waals surface area contributed by atoms with Crippen LogP contribution in [0, 0.1) is 6.92 Å². The molecular formula is C6H7NO3. The molecule has 4 nitrogen and oxygen atoms in total. The molecule has 0 fully saturated rings. The average Bonchev–Trinajstić information content (AvgIpc) is 2.11. The number of ketones is 1. The lowest BCUT2D eigenvalue weighted by Crippen LogP contribution is -2.07. The molecule has 0 unspecified atom stereocenters. The summed E-state index contributed by atoms with van der Waals surface area (Å²) in [6, 6.07) is 0. The van der Waals surface area contributed by atoms with Gasteiger partial charge in [-0.15, -0.1) is 0 Å². The number of nitrogens with one attached hydrogen (secondary N) is 1. The second-order valence-electron chi connectivity index (χ2n) is 2.05. The van der Waals surface area contributed by atoms with E-state index in [9.17, 15) is 9.59 Å². The highest BCUT2D eigenvalue weighted by atomic mass is 16.5. The first-order valence-corrected chi connectivity index (χ1v) is 2.82. The lowest BCUT2D eigenvalue weighted by Gasteiger charge is -1.83. The number of aryl methyl sites for hydroxylation is 1. The second-order valence-corrected chi connectivity index (χ2v) is 2.05. The van der Waals surface area contributed by atoms with Gasteiger partial charge in [0.25, 0.3) is 0 Å². The lowest BCUT2D eigenvalue weighted by atomic mass is 10.2. The SMILES string of the molecule is CC(=O)c1c(C)[nH]oc1=O. The molecular weight excluding hydrogens is 134 g/mol. The number of hydrogen-bond acceptors (Lipinski definition) is 3. The summed E-state index contributed by atoms with van der Waals surface area (Å²) in [5.41, 5.74) is 0.00231. The molecule has 0 aromatic carbocycles. The van der Waals surface area contributed by atoms with Gasteiger partial charge in [0, 0.05) is 0 Å². The fourth-order valence-corrected chi connectivity index (χ4v) is 0.786. The predicted octanol–water partition coefficient (Wildman–Crippen LogP) is 0.479. The highest BCUT2D eigenvalue weighted by Gasteiger charge is 2.11. The Balaban J connectivity index is 3.37. The van der Waals surface area contributed by atoms with Crippen LogP contribution in [0.5, 0.6) is 0 Å². The molecule has 0 saturated heterocycles. The van der Waals surface area contributed by atoms with Crippen molar-refractivity contribution in [2.24, 2.45) is 0 Å². The number of carbonyl (C=O) groups excluding carboxylic acids is 1. The highest BCUT2D eigenvalue weighted by molar-refractivity contribution is 5.94. The number of aromatic nitrogens is 1. The van der Waals surface area contributed by atoms with E-state index in [1.807, 2.05) is 0 Å². The van der Waals surface area contributed by atoms with E-state index in [0.29, 0.717) is 5.69 Å². The van der Waals surface area contributed by atoms with Gasteiger partial charge >= 0.3 is 5.63 Å². The standard InChI is InChI=1S/C6H7NO3/c1-3-5(4(2)8)6(9)10-7-3/h7H,1-2H3. The van der Waals surface area contributed by atoms with Gasteiger partial charge in [0.1, 0.15) is 5.56 Å². The molecule has 0 aliphatic heterocycles. The second kappa shape index (κ2) is 2.13. The van der Waals surface area contributed by atoms with Gasteiger partial charge in [0.2, 0.25) is 0 Å². The Hall–Kier alpha value is -1.32. The quantitative estimate of drug-likeness (QED) is 0.578. The zero-order chi connectivity index (χ0) is 7.72. The monoisotopic (exact) mass is 141 g/mol. The van der Waals surface area contributed by atoms with E-state index in [-0.39, 0.29) is 11.3 Å². The normalized spacial score (nSPS) is 9.80. The third-order valence-corrected chi connectivity index (χ3v) is 1.23. The van der Waals surface area contributed by atoms with Crippen molar-refractivity contribution >= 4 is 5.78 Å². The Morgan fingerprint density at radius 3 is 2.40 bits per heavy atom. The van der Waals surface area contributed by atoms with Crippen LogP contribution in [0.2, 0.25) is 0 Å². The molecule has 0 bridgehead atoms. The minimum absolute atomic E-state index is 0.111. The minimum atomic E-state index is -0.593. The van der Waals surface area contributed by atoms with Crippen LogP contribution in [-0.4, -0.2) is 10.9 Å². The van der Waals surface area contributed by atoms with Crippen LogP contribution in [0.25, 0.3) is 0 Å². The zero-order valence-electron chi connectivity index (χ0n) is 5.72. The molecule has 1 heterocycles. The van der Waals surface area contributed by atoms with Crippen LogP contribution in [0.4, 0.5) is 0 Å². The molecule has 0 aliphatic carbocycles. The fourth-order valence-electron chi connectivity index (χ4n) is 0.786. The van der Waals surface area contributed by atoms with Gasteiger partial charge in [-0.1, -0.05) is 0 Å². The molecule has 0 amide bonds. The molecule has 0 spiro atoms. The first-order valence-electron chi connectivity index (χ1n) is 2.82. The fraction of sp³-hybridized carbons (Fsp3) is 0.333. The molecule has 0 aliphatic rings. The Morgan fingerprint density at radius 2 is 2.20 bits per heavy atom. The summed E-state index contributed by atoms with van der Waals surface area (Å²) >= 11 is 0. The van der Waals surface area contributed by atoms with Gasteiger partial charge in [-0.3, -0.25) is 4.79 Å². The smallest absolute Gasteiger partial charge is 0.338 e. The number of carbonyl (C=O) groups is 1. The van der Waals surface area contributed by atoms with Crippen LogP contribution in [-0.2, 0) is 0 Å². The Labute approximate surface area is 56.8 Å². The Morgan fingerprint density at radius 1 is 1.60 bits per heavy atom. The van der Waals surface area contributed by atoms with Crippen molar-refractivity contribution < 1.29 is 9.32 Å². The zero-order valence-corrected chi connectivity index (χ0v) is 5.72. The number of Topliss-reactive ketones (excluding diaryl/α,β-unsaturated/α-hetero) is 1. The van der Waals surface area contributed by atoms with E-state index >= 15 is 0 Å². The molecule has 1 N–H and O–H groups in total. The third kappa shape index (κ3) is 0.877. The number of rotatable bonds is 1. The maximum absolute atomic E-state index is 10.7. The average molecular weight is 141 g/mol. The molecule has 54 valence electrons. The van der Waals surface area contributed by atoms with E-state index in [2.05, 4.69) is 9.68 Å². The van der Waals surface area contributed by atoms with Crippen LogP contribution < -0.4 is 5.63 Å². The summed E-state index contributed by atoms with van der Waals surface area (Å²) in [7, 11) is 0. The highest BCUT2D eigenvalue weighted by Crippen LogP contribution is 1.98. The Kier molecular flexibility index (Phi) is 1.45. The summed E-state index contributed by atoms with van der Waals surface area (Å²) in [4.78, 5) is 21.3. The van der Waals surface area contributed by atoms with E-state index in [0.717, 1.165) is 0 Å². The van der Waals surface area contributed by atoms with E-state index < -0.39 is 5.63 Å². The van der Waals surface area contributed by atoms with Crippen LogP contribution in [0.15, 0.2) is 9.32 Å². The van der Waals surface area contributed by atoms with Crippen molar-refractivity contribution in [2.75, 3.05) is 0 Å². The first-order chi connectivity index (χ1) is 4.63. The maximum atomic E-state index is 10.7. The van der Waals surface area contributed by atoms with Gasteiger partial charge in [0.05, 0.1) is 5.69 Å². The van der Waals surface area contributed by atoms with Gasteiger partial charge in [0.15, 0.2) is 5.78 Å². The molecule has 1 rings (SSSR count). The number of H-pyrrole nitrogens is 1. The summed E-state index contributed by atoms with van der Waals surface area (Å²) < 4.78 is 4.36. The maximum Gasteiger partial charge on any atom is 0.368 e. The number of hydrogen-bond donors (Lipinski definition) is 1. The van der Waals surface area contributed by atoms with Crippen LogP contribution in [0.3, 0.4) is 0 Å². The molecule has 0 atom stereocenters. The molecule has 0 radical (unpaired) electrons.